The van der Waals surface area contributed by atoms with E-state index in [1.807, 2.05) is 42.7 Å². The Morgan fingerprint density at radius 3 is 2.73 bits per heavy atom. The average Bonchev–Trinajstić information content (AvgIpc) is 3.17. The molecule has 0 spiro atoms. The molecule has 4 heterocycles. The second-order valence-corrected chi connectivity index (χ2v) is 6.24. The summed E-state index contributed by atoms with van der Waals surface area (Å²) in [5.74, 6) is 0.798. The fourth-order valence-electron chi connectivity index (χ4n) is 3.61. The van der Waals surface area contributed by atoms with Crippen LogP contribution in [-0.2, 0) is 18.4 Å². The predicted molar refractivity (Wildman–Crippen MR) is 82.1 cm³/mol. The maximum Gasteiger partial charge on any atom is 0.231 e. The molecule has 6 heteroatoms. The highest BCUT2D eigenvalue weighted by Gasteiger charge is 2.46. The number of aromatic nitrogens is 3. The number of likely N-dealkylation sites (tertiary alicyclic amines) is 1. The van der Waals surface area contributed by atoms with Gasteiger partial charge in [-0.2, -0.15) is 5.10 Å². The largest absolute Gasteiger partial charge is 0.309 e. The highest BCUT2D eigenvalue weighted by atomic mass is 16.2. The molecule has 0 bridgehead atoms. The fraction of sp³-hybridized carbons (Fsp3) is 0.438. The first kappa shape index (κ1) is 13.5. The molecular weight excluding hydrogens is 278 g/mol. The summed E-state index contributed by atoms with van der Waals surface area (Å²) in [5.41, 5.74) is 2.18. The molecule has 4 rings (SSSR count). The molecule has 2 fully saturated rings. The van der Waals surface area contributed by atoms with E-state index in [0.29, 0.717) is 5.92 Å². The van der Waals surface area contributed by atoms with Gasteiger partial charge in [0.05, 0.1) is 17.8 Å². The smallest absolute Gasteiger partial charge is 0.231 e. The molecule has 2 aliphatic rings. The Morgan fingerprint density at radius 2 is 2.05 bits per heavy atom. The van der Waals surface area contributed by atoms with E-state index in [4.69, 9.17) is 0 Å². The number of nitrogens with zero attached hydrogens (tertiary/aromatic N) is 5. The maximum absolute atomic E-state index is 12.6. The monoisotopic (exact) mass is 297 g/mol. The molecule has 1 amide bonds. The van der Waals surface area contributed by atoms with Crippen molar-refractivity contribution in [1.82, 2.24) is 19.7 Å². The summed E-state index contributed by atoms with van der Waals surface area (Å²) >= 11 is 0. The van der Waals surface area contributed by atoms with Crippen molar-refractivity contribution in [2.45, 2.75) is 6.54 Å². The van der Waals surface area contributed by atoms with Crippen LogP contribution >= 0.6 is 0 Å². The number of aryl methyl sites for hydroxylation is 1. The van der Waals surface area contributed by atoms with E-state index in [-0.39, 0.29) is 11.8 Å². The van der Waals surface area contributed by atoms with Crippen LogP contribution in [0.4, 0.5) is 5.69 Å². The molecular formula is C16H19N5O. The van der Waals surface area contributed by atoms with Crippen molar-refractivity contribution >= 4 is 11.6 Å². The summed E-state index contributed by atoms with van der Waals surface area (Å²) in [6, 6.07) is 4.08. The average molecular weight is 297 g/mol. The second-order valence-electron chi connectivity index (χ2n) is 6.24. The lowest BCUT2D eigenvalue weighted by Crippen LogP contribution is -2.32. The van der Waals surface area contributed by atoms with Crippen LogP contribution < -0.4 is 4.90 Å². The van der Waals surface area contributed by atoms with Crippen molar-refractivity contribution in [1.29, 1.82) is 0 Å². The molecule has 2 aliphatic heterocycles. The fourth-order valence-corrected chi connectivity index (χ4v) is 3.61. The minimum atomic E-state index is 0.127. The lowest BCUT2D eigenvalue weighted by Gasteiger charge is -2.20. The maximum atomic E-state index is 12.6. The molecule has 0 radical (unpaired) electrons. The number of carbonyl (C=O) groups excluding carboxylic acids is 1. The Kier molecular flexibility index (Phi) is 3.18. The van der Waals surface area contributed by atoms with E-state index in [1.165, 1.54) is 5.56 Å². The van der Waals surface area contributed by atoms with Gasteiger partial charge in [-0.1, -0.05) is 0 Å². The van der Waals surface area contributed by atoms with Gasteiger partial charge in [-0.15, -0.1) is 0 Å². The van der Waals surface area contributed by atoms with Gasteiger partial charge in [0.2, 0.25) is 5.91 Å². The van der Waals surface area contributed by atoms with Crippen LogP contribution in [0.5, 0.6) is 0 Å². The highest BCUT2D eigenvalue weighted by Crippen LogP contribution is 2.35. The van der Waals surface area contributed by atoms with Crippen molar-refractivity contribution < 1.29 is 4.79 Å². The van der Waals surface area contributed by atoms with Crippen molar-refractivity contribution in [2.75, 3.05) is 24.5 Å². The predicted octanol–water partition coefficient (Wildman–Crippen LogP) is 0.910. The van der Waals surface area contributed by atoms with Crippen LogP contribution in [0.1, 0.15) is 5.56 Å². The zero-order valence-electron chi connectivity index (χ0n) is 12.6. The van der Waals surface area contributed by atoms with Crippen LogP contribution in [0.25, 0.3) is 0 Å². The summed E-state index contributed by atoms with van der Waals surface area (Å²) in [4.78, 5) is 21.0. The van der Waals surface area contributed by atoms with E-state index in [0.717, 1.165) is 31.9 Å². The molecule has 6 nitrogen and oxygen atoms in total. The van der Waals surface area contributed by atoms with E-state index in [9.17, 15) is 4.79 Å². The molecule has 2 aromatic heterocycles. The third kappa shape index (κ3) is 2.29. The van der Waals surface area contributed by atoms with Crippen molar-refractivity contribution in [3.63, 3.8) is 0 Å². The third-order valence-corrected chi connectivity index (χ3v) is 4.68. The standard InChI is InChI=1S/C16H19N5O/c1-19-10-14(6-18-19)21-9-13-8-20(11-15(13)16(21)22)7-12-2-4-17-5-3-12/h2-6,10,13,15H,7-9,11H2,1H3/t13-,15-/m0/s1. The normalized spacial score (nSPS) is 25.0. The molecule has 0 N–H and O–H groups in total. The first-order valence-corrected chi connectivity index (χ1v) is 7.62. The Bertz CT molecular complexity index is 683. The Labute approximate surface area is 129 Å². The summed E-state index contributed by atoms with van der Waals surface area (Å²) in [6.45, 7) is 3.54. The van der Waals surface area contributed by atoms with E-state index >= 15 is 0 Å². The van der Waals surface area contributed by atoms with Crippen LogP contribution in [0.3, 0.4) is 0 Å². The van der Waals surface area contributed by atoms with Crippen LogP contribution in [-0.4, -0.2) is 45.2 Å². The number of amides is 1. The number of hydrogen-bond acceptors (Lipinski definition) is 4. The number of fused-ring (bicyclic) bond motifs is 1. The molecule has 22 heavy (non-hydrogen) atoms. The molecule has 0 unspecified atom stereocenters. The van der Waals surface area contributed by atoms with Crippen molar-refractivity contribution in [2.24, 2.45) is 18.9 Å². The SMILES string of the molecule is Cn1cc(N2C[C@@H]3CN(Cc4ccncc4)C[C@@H]3C2=O)cn1. The van der Waals surface area contributed by atoms with Crippen LogP contribution in [0, 0.1) is 11.8 Å². The number of rotatable bonds is 3. The van der Waals surface area contributed by atoms with Gasteiger partial charge in [0.15, 0.2) is 0 Å². The Balaban J connectivity index is 1.44. The number of carbonyl (C=O) groups is 1. The topological polar surface area (TPSA) is 54.3 Å². The van der Waals surface area contributed by atoms with Gasteiger partial charge in [0.1, 0.15) is 0 Å². The number of pyridine rings is 1. The lowest BCUT2D eigenvalue weighted by molar-refractivity contribution is -0.120. The molecule has 0 aliphatic carbocycles. The van der Waals surface area contributed by atoms with Gasteiger partial charge in [-0.3, -0.25) is 19.4 Å². The minimum absolute atomic E-state index is 0.127. The highest BCUT2D eigenvalue weighted by molar-refractivity contribution is 5.97. The van der Waals surface area contributed by atoms with Gasteiger partial charge in [0, 0.05) is 57.7 Å². The summed E-state index contributed by atoms with van der Waals surface area (Å²) in [7, 11) is 1.88. The first-order valence-electron chi connectivity index (χ1n) is 7.62. The van der Waals surface area contributed by atoms with E-state index in [2.05, 4.69) is 15.0 Å². The van der Waals surface area contributed by atoms with Crippen LogP contribution in [0.15, 0.2) is 36.9 Å². The van der Waals surface area contributed by atoms with Gasteiger partial charge >= 0.3 is 0 Å². The van der Waals surface area contributed by atoms with E-state index < -0.39 is 0 Å². The second kappa shape index (κ2) is 5.21. The van der Waals surface area contributed by atoms with Crippen molar-refractivity contribution in [3.8, 4) is 0 Å². The van der Waals surface area contributed by atoms with Gasteiger partial charge < -0.3 is 4.90 Å². The Hall–Kier alpha value is -2.21. The van der Waals surface area contributed by atoms with Gasteiger partial charge in [0.25, 0.3) is 0 Å². The quantitative estimate of drug-likeness (QED) is 0.845. The zero-order valence-corrected chi connectivity index (χ0v) is 12.6. The molecule has 114 valence electrons. The minimum Gasteiger partial charge on any atom is -0.309 e. The first-order chi connectivity index (χ1) is 10.7. The summed E-state index contributed by atoms with van der Waals surface area (Å²) in [5, 5.41) is 4.17. The van der Waals surface area contributed by atoms with Crippen molar-refractivity contribution in [3.05, 3.63) is 42.5 Å². The molecule has 0 aromatic carbocycles. The van der Waals surface area contributed by atoms with Gasteiger partial charge in [-0.25, -0.2) is 0 Å². The summed E-state index contributed by atoms with van der Waals surface area (Å²) in [6.07, 6.45) is 7.32. The van der Waals surface area contributed by atoms with Crippen LogP contribution in [0.2, 0.25) is 0 Å². The number of hydrogen-bond donors (Lipinski definition) is 0. The van der Waals surface area contributed by atoms with E-state index in [1.54, 1.807) is 10.9 Å². The summed E-state index contributed by atoms with van der Waals surface area (Å²) < 4.78 is 1.74. The molecule has 2 aromatic rings. The Morgan fingerprint density at radius 1 is 1.23 bits per heavy atom. The molecule has 2 saturated heterocycles. The molecule has 0 saturated carbocycles. The third-order valence-electron chi connectivity index (χ3n) is 4.68. The lowest BCUT2D eigenvalue weighted by atomic mass is 10.0. The zero-order chi connectivity index (χ0) is 15.1. The molecule has 2 atom stereocenters. The number of anilines is 1. The van der Waals surface area contributed by atoms with Gasteiger partial charge in [-0.05, 0) is 17.7 Å².